The van der Waals surface area contributed by atoms with Crippen molar-refractivity contribution in [1.29, 1.82) is 0 Å². The lowest BCUT2D eigenvalue weighted by atomic mass is 9.83. The molecule has 0 aliphatic carbocycles. The molecule has 0 heterocycles. The molecule has 3 N–H and O–H groups in total. The fraction of sp³-hybridized carbons (Fsp3) is 0.500. The highest BCUT2D eigenvalue weighted by atomic mass is 35.5. The second kappa shape index (κ2) is 6.76. The van der Waals surface area contributed by atoms with Gasteiger partial charge in [0.2, 0.25) is 0 Å². The van der Waals surface area contributed by atoms with Gasteiger partial charge < -0.3 is 10.8 Å². The molecule has 18 heavy (non-hydrogen) atoms. The number of rotatable bonds is 6. The van der Waals surface area contributed by atoms with E-state index in [1.54, 1.807) is 0 Å². The first-order valence-corrected chi connectivity index (χ1v) is 6.52. The van der Waals surface area contributed by atoms with Crippen LogP contribution in [0, 0.1) is 11.8 Å². The number of hydrogen-bond acceptors (Lipinski definition) is 2. The van der Waals surface area contributed by atoms with E-state index in [1.807, 2.05) is 31.2 Å². The van der Waals surface area contributed by atoms with Crippen molar-refractivity contribution in [1.82, 2.24) is 0 Å². The van der Waals surface area contributed by atoms with Crippen molar-refractivity contribution in [2.24, 2.45) is 17.6 Å². The van der Waals surface area contributed by atoms with Crippen LogP contribution in [0.1, 0.15) is 31.7 Å². The summed E-state index contributed by atoms with van der Waals surface area (Å²) in [6.07, 6.45) is 0.568. The fourth-order valence-corrected chi connectivity index (χ4v) is 2.41. The quantitative estimate of drug-likeness (QED) is 0.834. The van der Waals surface area contributed by atoms with Crippen molar-refractivity contribution in [2.45, 2.75) is 26.2 Å². The maximum absolute atomic E-state index is 11.0. The molecule has 0 bridgehead atoms. The summed E-state index contributed by atoms with van der Waals surface area (Å²) >= 11 is 6.16. The lowest BCUT2D eigenvalue weighted by Crippen LogP contribution is -2.26. The standard InChI is InChI=1S/C14H20ClNO2/c1-9(7-11(8-16)14(17)18)10(2)12-5-3-4-6-13(12)15/h3-6,9-11H,7-8,16H2,1-2H3,(H,17,18). The topological polar surface area (TPSA) is 63.3 Å². The average molecular weight is 270 g/mol. The lowest BCUT2D eigenvalue weighted by molar-refractivity contribution is -0.142. The van der Waals surface area contributed by atoms with E-state index in [-0.39, 0.29) is 18.4 Å². The zero-order valence-corrected chi connectivity index (χ0v) is 11.5. The van der Waals surface area contributed by atoms with Crippen LogP contribution >= 0.6 is 11.6 Å². The number of hydrogen-bond donors (Lipinski definition) is 2. The van der Waals surface area contributed by atoms with E-state index < -0.39 is 11.9 Å². The van der Waals surface area contributed by atoms with Gasteiger partial charge in [-0.1, -0.05) is 43.6 Å². The van der Waals surface area contributed by atoms with Crippen molar-refractivity contribution < 1.29 is 9.90 Å². The van der Waals surface area contributed by atoms with Gasteiger partial charge in [0.1, 0.15) is 0 Å². The van der Waals surface area contributed by atoms with Crippen molar-refractivity contribution in [2.75, 3.05) is 6.54 Å². The minimum atomic E-state index is -0.823. The van der Waals surface area contributed by atoms with Gasteiger partial charge in [0, 0.05) is 11.6 Å². The van der Waals surface area contributed by atoms with E-state index >= 15 is 0 Å². The monoisotopic (exact) mass is 269 g/mol. The molecule has 0 saturated heterocycles. The van der Waals surface area contributed by atoms with Crippen LogP contribution in [0.25, 0.3) is 0 Å². The molecule has 0 aliphatic rings. The molecule has 1 aromatic rings. The predicted molar refractivity (Wildman–Crippen MR) is 73.8 cm³/mol. The third-order valence-electron chi connectivity index (χ3n) is 3.54. The first-order valence-electron chi connectivity index (χ1n) is 6.14. The van der Waals surface area contributed by atoms with E-state index in [4.69, 9.17) is 22.4 Å². The zero-order chi connectivity index (χ0) is 13.7. The van der Waals surface area contributed by atoms with Gasteiger partial charge in [-0.15, -0.1) is 0 Å². The molecule has 0 aliphatic heterocycles. The lowest BCUT2D eigenvalue weighted by Gasteiger charge is -2.23. The molecule has 0 radical (unpaired) electrons. The SMILES string of the molecule is CC(CC(CN)C(=O)O)C(C)c1ccccc1Cl. The Morgan fingerprint density at radius 2 is 2.00 bits per heavy atom. The van der Waals surface area contributed by atoms with Crippen LogP contribution in [0.5, 0.6) is 0 Å². The van der Waals surface area contributed by atoms with Gasteiger partial charge in [0.05, 0.1) is 5.92 Å². The van der Waals surface area contributed by atoms with Gasteiger partial charge in [-0.2, -0.15) is 0 Å². The van der Waals surface area contributed by atoms with Crippen LogP contribution in [0.15, 0.2) is 24.3 Å². The Morgan fingerprint density at radius 3 is 2.50 bits per heavy atom. The third-order valence-corrected chi connectivity index (χ3v) is 3.88. The summed E-state index contributed by atoms with van der Waals surface area (Å²) in [5.74, 6) is -0.873. The van der Waals surface area contributed by atoms with Crippen molar-refractivity contribution in [3.8, 4) is 0 Å². The first kappa shape index (κ1) is 15.0. The van der Waals surface area contributed by atoms with Crippen LogP contribution in [-0.4, -0.2) is 17.6 Å². The van der Waals surface area contributed by atoms with Gasteiger partial charge in [-0.3, -0.25) is 4.79 Å². The molecule has 0 saturated carbocycles. The summed E-state index contributed by atoms with van der Waals surface area (Å²) in [7, 11) is 0. The number of benzene rings is 1. The zero-order valence-electron chi connectivity index (χ0n) is 10.8. The molecule has 3 unspecified atom stereocenters. The molecule has 0 spiro atoms. The van der Waals surface area contributed by atoms with Gasteiger partial charge in [-0.25, -0.2) is 0 Å². The number of nitrogens with two attached hydrogens (primary N) is 1. The Morgan fingerprint density at radius 1 is 1.39 bits per heavy atom. The normalized spacial score (nSPS) is 16.0. The molecule has 3 atom stereocenters. The highest BCUT2D eigenvalue weighted by molar-refractivity contribution is 6.31. The second-order valence-electron chi connectivity index (χ2n) is 4.79. The van der Waals surface area contributed by atoms with Gasteiger partial charge in [0.25, 0.3) is 0 Å². The van der Waals surface area contributed by atoms with Crippen molar-refractivity contribution >= 4 is 17.6 Å². The molecule has 0 amide bonds. The minimum absolute atomic E-state index is 0.176. The Hall–Kier alpha value is -1.06. The van der Waals surface area contributed by atoms with E-state index in [2.05, 4.69) is 6.92 Å². The Balaban J connectivity index is 2.75. The van der Waals surface area contributed by atoms with E-state index in [0.29, 0.717) is 6.42 Å². The van der Waals surface area contributed by atoms with E-state index in [1.165, 1.54) is 0 Å². The number of carboxylic acid groups (broad SMARTS) is 1. The average Bonchev–Trinajstić information content (AvgIpc) is 2.35. The molecule has 1 aromatic carbocycles. The minimum Gasteiger partial charge on any atom is -0.481 e. The molecule has 100 valence electrons. The van der Waals surface area contributed by atoms with Crippen molar-refractivity contribution in [3.05, 3.63) is 34.9 Å². The molecular weight excluding hydrogens is 250 g/mol. The highest BCUT2D eigenvalue weighted by Crippen LogP contribution is 2.32. The summed E-state index contributed by atoms with van der Waals surface area (Å²) in [5.41, 5.74) is 6.55. The van der Waals surface area contributed by atoms with Gasteiger partial charge >= 0.3 is 5.97 Å². The van der Waals surface area contributed by atoms with Gasteiger partial charge in [-0.05, 0) is 29.9 Å². The summed E-state index contributed by atoms with van der Waals surface area (Å²) in [6, 6.07) is 7.69. The summed E-state index contributed by atoms with van der Waals surface area (Å²) < 4.78 is 0. The molecule has 3 nitrogen and oxygen atoms in total. The summed E-state index contributed by atoms with van der Waals surface area (Å²) in [4.78, 5) is 11.0. The molecule has 0 fully saturated rings. The summed E-state index contributed by atoms with van der Waals surface area (Å²) in [5, 5.41) is 9.76. The smallest absolute Gasteiger partial charge is 0.307 e. The van der Waals surface area contributed by atoms with Crippen LogP contribution in [0.3, 0.4) is 0 Å². The van der Waals surface area contributed by atoms with Crippen LogP contribution in [-0.2, 0) is 4.79 Å². The first-order chi connectivity index (χ1) is 8.47. The molecular formula is C14H20ClNO2. The largest absolute Gasteiger partial charge is 0.481 e. The summed E-state index contributed by atoms with van der Waals surface area (Å²) in [6.45, 7) is 4.29. The number of halogens is 1. The second-order valence-corrected chi connectivity index (χ2v) is 5.20. The predicted octanol–water partition coefficient (Wildman–Crippen LogP) is 3.13. The molecule has 0 aromatic heterocycles. The fourth-order valence-electron chi connectivity index (χ4n) is 2.10. The number of aliphatic carboxylic acids is 1. The maximum Gasteiger partial charge on any atom is 0.307 e. The van der Waals surface area contributed by atoms with Crippen LogP contribution in [0.2, 0.25) is 5.02 Å². The Kier molecular flexibility index (Phi) is 5.63. The van der Waals surface area contributed by atoms with Crippen LogP contribution in [0.4, 0.5) is 0 Å². The van der Waals surface area contributed by atoms with E-state index in [9.17, 15) is 4.79 Å². The highest BCUT2D eigenvalue weighted by Gasteiger charge is 2.23. The molecule has 4 heteroatoms. The number of carbonyl (C=O) groups is 1. The Labute approximate surface area is 113 Å². The van der Waals surface area contributed by atoms with E-state index in [0.717, 1.165) is 10.6 Å². The molecule has 1 rings (SSSR count). The van der Waals surface area contributed by atoms with Crippen molar-refractivity contribution in [3.63, 3.8) is 0 Å². The van der Waals surface area contributed by atoms with Crippen LogP contribution < -0.4 is 5.73 Å². The van der Waals surface area contributed by atoms with Gasteiger partial charge in [0.15, 0.2) is 0 Å². The Bertz CT molecular complexity index is 409. The maximum atomic E-state index is 11.0. The third kappa shape index (κ3) is 3.72. The number of carboxylic acids is 1.